The van der Waals surface area contributed by atoms with Crippen molar-refractivity contribution in [3.8, 4) is 5.75 Å². The molecule has 1 heterocycles. The zero-order chi connectivity index (χ0) is 21.2. The lowest BCUT2D eigenvalue weighted by atomic mass is 9.50. The summed E-state index contributed by atoms with van der Waals surface area (Å²) < 4.78 is 6.10. The van der Waals surface area contributed by atoms with E-state index in [2.05, 4.69) is 56.9 Å². The average molecular weight is 412 g/mol. The minimum atomic E-state index is 0.336. The summed E-state index contributed by atoms with van der Waals surface area (Å²) >= 11 is 0. The van der Waals surface area contributed by atoms with Crippen molar-refractivity contribution in [1.82, 2.24) is 4.90 Å². The fourth-order valence-corrected chi connectivity index (χ4v) is 7.36. The zero-order valence-corrected chi connectivity index (χ0v) is 20.1. The summed E-state index contributed by atoms with van der Waals surface area (Å²) in [7, 11) is 0. The van der Waals surface area contributed by atoms with Crippen LogP contribution < -0.4 is 4.74 Å². The minimum Gasteiger partial charge on any atom is -0.494 e. The molecule has 0 N–H and O–H groups in total. The summed E-state index contributed by atoms with van der Waals surface area (Å²) in [6.07, 6.45) is 12.3. The Morgan fingerprint density at radius 1 is 1.00 bits per heavy atom. The number of fused-ring (bicyclic) bond motifs is 2. The number of nitrogens with zero attached hydrogens (tertiary/aromatic N) is 1. The Hall–Kier alpha value is -1.02. The van der Waals surface area contributed by atoms with Crippen LogP contribution in [0.4, 0.5) is 0 Å². The van der Waals surface area contributed by atoms with Gasteiger partial charge in [-0.15, -0.1) is 0 Å². The largest absolute Gasteiger partial charge is 0.494 e. The van der Waals surface area contributed by atoms with E-state index in [1.165, 1.54) is 76.6 Å². The maximum absolute atomic E-state index is 6.10. The first-order valence-electron chi connectivity index (χ1n) is 12.9. The highest BCUT2D eigenvalue weighted by molar-refractivity contribution is 5.33. The van der Waals surface area contributed by atoms with Crippen LogP contribution >= 0.6 is 0 Å². The molecular weight excluding hydrogens is 366 g/mol. The van der Waals surface area contributed by atoms with Crippen molar-refractivity contribution >= 4 is 0 Å². The third-order valence-electron chi connectivity index (χ3n) is 8.81. The van der Waals surface area contributed by atoms with Crippen LogP contribution in [0.5, 0.6) is 5.75 Å². The maximum atomic E-state index is 6.10. The molecule has 30 heavy (non-hydrogen) atoms. The van der Waals surface area contributed by atoms with Crippen LogP contribution in [-0.2, 0) is 5.41 Å². The Morgan fingerprint density at radius 2 is 1.73 bits per heavy atom. The van der Waals surface area contributed by atoms with Crippen LogP contribution in [0.15, 0.2) is 24.3 Å². The Morgan fingerprint density at radius 3 is 2.43 bits per heavy atom. The van der Waals surface area contributed by atoms with Gasteiger partial charge in [0.05, 0.1) is 6.61 Å². The molecule has 1 aliphatic heterocycles. The first-order valence-corrected chi connectivity index (χ1v) is 12.9. The monoisotopic (exact) mass is 411 g/mol. The molecule has 0 radical (unpaired) electrons. The number of hydrogen-bond acceptors (Lipinski definition) is 2. The molecule has 1 aromatic carbocycles. The highest BCUT2D eigenvalue weighted by atomic mass is 16.5. The minimum absolute atomic E-state index is 0.336. The summed E-state index contributed by atoms with van der Waals surface area (Å²) in [5, 5.41) is 0. The van der Waals surface area contributed by atoms with Gasteiger partial charge in [-0.3, -0.25) is 0 Å². The number of ether oxygens (including phenoxy) is 1. The van der Waals surface area contributed by atoms with Crippen molar-refractivity contribution in [1.29, 1.82) is 0 Å². The normalized spacial score (nSPS) is 35.3. The molecule has 0 aromatic heterocycles. The third-order valence-corrected chi connectivity index (χ3v) is 8.81. The summed E-state index contributed by atoms with van der Waals surface area (Å²) in [5.74, 6) is 3.79. The van der Waals surface area contributed by atoms with Gasteiger partial charge in [-0.05, 0) is 111 Å². The van der Waals surface area contributed by atoms with Gasteiger partial charge in [0.1, 0.15) is 5.75 Å². The van der Waals surface area contributed by atoms with Crippen molar-refractivity contribution < 1.29 is 4.74 Å². The molecule has 2 heteroatoms. The van der Waals surface area contributed by atoms with Gasteiger partial charge >= 0.3 is 0 Å². The van der Waals surface area contributed by atoms with E-state index in [1.54, 1.807) is 0 Å². The SMILES string of the molecule is CCC12CC(C)CC(C1)CC(C)(c1ccc(OCCCN3CCC(C)CC3)cc1)C2. The predicted molar refractivity (Wildman–Crippen MR) is 127 cm³/mol. The second-order valence-electron chi connectivity index (χ2n) is 11.7. The van der Waals surface area contributed by atoms with Gasteiger partial charge in [-0.1, -0.05) is 46.2 Å². The van der Waals surface area contributed by atoms with Crippen molar-refractivity contribution in [3.05, 3.63) is 29.8 Å². The fraction of sp³-hybridized carbons (Fsp3) is 0.786. The molecule has 0 amide bonds. The van der Waals surface area contributed by atoms with Crippen LogP contribution in [0.3, 0.4) is 0 Å². The van der Waals surface area contributed by atoms with Crippen molar-refractivity contribution in [2.24, 2.45) is 23.2 Å². The molecule has 1 aromatic rings. The first-order chi connectivity index (χ1) is 14.4. The van der Waals surface area contributed by atoms with Crippen LogP contribution in [0.25, 0.3) is 0 Å². The molecular formula is C28H45NO. The van der Waals surface area contributed by atoms with Crippen molar-refractivity contribution in [2.75, 3.05) is 26.2 Å². The molecule has 4 rings (SSSR count). The van der Waals surface area contributed by atoms with E-state index < -0.39 is 0 Å². The number of benzene rings is 1. The zero-order valence-electron chi connectivity index (χ0n) is 20.1. The standard InChI is InChI=1S/C28H45NO/c1-5-28-18-23(3)17-24(20-28)19-27(4,21-28)25-7-9-26(10-8-25)30-16-6-13-29-14-11-22(2)12-15-29/h7-10,22-24H,5-6,11-21H2,1-4H3. The van der Waals surface area contributed by atoms with E-state index in [9.17, 15) is 0 Å². The van der Waals surface area contributed by atoms with Crippen LogP contribution in [0.1, 0.15) is 91.0 Å². The average Bonchev–Trinajstić information content (AvgIpc) is 2.72. The smallest absolute Gasteiger partial charge is 0.119 e. The lowest BCUT2D eigenvalue weighted by Gasteiger charge is -2.55. The number of piperidine rings is 1. The van der Waals surface area contributed by atoms with E-state index in [4.69, 9.17) is 4.74 Å². The molecule has 168 valence electrons. The van der Waals surface area contributed by atoms with Gasteiger partial charge < -0.3 is 9.64 Å². The summed E-state index contributed by atoms with van der Waals surface area (Å²) in [5.41, 5.74) is 2.45. The van der Waals surface area contributed by atoms with Crippen molar-refractivity contribution in [2.45, 2.75) is 90.9 Å². The summed E-state index contributed by atoms with van der Waals surface area (Å²) in [4.78, 5) is 2.61. The molecule has 3 fully saturated rings. The van der Waals surface area contributed by atoms with E-state index >= 15 is 0 Å². The van der Waals surface area contributed by atoms with Gasteiger partial charge in [-0.2, -0.15) is 0 Å². The second-order valence-corrected chi connectivity index (χ2v) is 11.7. The highest BCUT2D eigenvalue weighted by Crippen LogP contribution is 2.59. The fourth-order valence-electron chi connectivity index (χ4n) is 7.36. The maximum Gasteiger partial charge on any atom is 0.119 e. The molecule has 2 saturated carbocycles. The lowest BCUT2D eigenvalue weighted by Crippen LogP contribution is -2.45. The van der Waals surface area contributed by atoms with Crippen molar-refractivity contribution in [3.63, 3.8) is 0 Å². The van der Waals surface area contributed by atoms with Crippen LogP contribution in [0.2, 0.25) is 0 Å². The van der Waals surface area contributed by atoms with Gasteiger partial charge in [0.25, 0.3) is 0 Å². The van der Waals surface area contributed by atoms with Crippen LogP contribution in [-0.4, -0.2) is 31.1 Å². The van der Waals surface area contributed by atoms with E-state index in [-0.39, 0.29) is 0 Å². The summed E-state index contributed by atoms with van der Waals surface area (Å²) in [6, 6.07) is 9.20. The Balaban J connectivity index is 1.30. The first kappa shape index (κ1) is 22.2. The second kappa shape index (κ2) is 9.23. The lowest BCUT2D eigenvalue weighted by molar-refractivity contribution is 0.0000641. The summed E-state index contributed by atoms with van der Waals surface area (Å²) in [6.45, 7) is 14.4. The molecule has 2 bridgehead atoms. The van der Waals surface area contributed by atoms with E-state index in [1.807, 2.05) is 0 Å². The number of rotatable bonds is 7. The molecule has 2 nitrogen and oxygen atoms in total. The number of likely N-dealkylation sites (tertiary alicyclic amines) is 1. The Kier molecular flexibility index (Phi) is 6.82. The third kappa shape index (κ3) is 5.06. The molecule has 4 atom stereocenters. The van der Waals surface area contributed by atoms with Gasteiger partial charge in [0.15, 0.2) is 0 Å². The predicted octanol–water partition coefficient (Wildman–Crippen LogP) is 7.07. The Labute approximate surface area is 185 Å². The molecule has 3 aliphatic rings. The van der Waals surface area contributed by atoms with E-state index in [0.717, 1.165) is 36.5 Å². The molecule has 0 spiro atoms. The highest BCUT2D eigenvalue weighted by Gasteiger charge is 2.49. The van der Waals surface area contributed by atoms with Crippen LogP contribution in [0, 0.1) is 23.2 Å². The molecule has 2 aliphatic carbocycles. The number of hydrogen-bond donors (Lipinski definition) is 0. The van der Waals surface area contributed by atoms with Gasteiger partial charge in [-0.25, -0.2) is 0 Å². The molecule has 1 saturated heterocycles. The van der Waals surface area contributed by atoms with Gasteiger partial charge in [0, 0.05) is 6.54 Å². The quantitative estimate of drug-likeness (QED) is 0.445. The van der Waals surface area contributed by atoms with Gasteiger partial charge in [0.2, 0.25) is 0 Å². The molecule has 4 unspecified atom stereocenters. The van der Waals surface area contributed by atoms with E-state index in [0.29, 0.717) is 10.8 Å². The Bertz CT molecular complexity index is 672. The topological polar surface area (TPSA) is 12.5 Å².